The molecule has 0 bridgehead atoms. The number of nitro groups is 1. The third-order valence-electron chi connectivity index (χ3n) is 4.50. The van der Waals surface area contributed by atoms with Gasteiger partial charge in [0.15, 0.2) is 6.10 Å². The lowest BCUT2D eigenvalue weighted by Gasteiger charge is -2.20. The van der Waals surface area contributed by atoms with Gasteiger partial charge in [-0.25, -0.2) is 4.79 Å². The maximum Gasteiger partial charge on any atom is 0.341 e. The summed E-state index contributed by atoms with van der Waals surface area (Å²) in [6.45, 7) is 1.88. The predicted molar refractivity (Wildman–Crippen MR) is 105 cm³/mol. The van der Waals surface area contributed by atoms with Crippen molar-refractivity contribution in [1.82, 2.24) is 0 Å². The zero-order valence-corrected chi connectivity index (χ0v) is 15.7. The van der Waals surface area contributed by atoms with Crippen molar-refractivity contribution in [3.05, 3.63) is 64.2 Å². The van der Waals surface area contributed by atoms with Gasteiger partial charge in [0.1, 0.15) is 5.69 Å². The number of esters is 1. The number of nitrogens with one attached hydrogen (secondary N) is 1. The molecule has 1 saturated heterocycles. The van der Waals surface area contributed by atoms with Crippen LogP contribution in [0.25, 0.3) is 0 Å². The SMILES string of the molecule is C[C@@H](OC(=O)c1ccccc1N1CCCC1=O)C(=O)Nc1ccccc1[N+](=O)[O-]. The summed E-state index contributed by atoms with van der Waals surface area (Å²) in [6, 6.07) is 12.2. The average Bonchev–Trinajstić information content (AvgIpc) is 3.13. The lowest BCUT2D eigenvalue weighted by Crippen LogP contribution is -2.31. The Morgan fingerprint density at radius 1 is 1.17 bits per heavy atom. The molecule has 1 heterocycles. The monoisotopic (exact) mass is 397 g/mol. The van der Waals surface area contributed by atoms with Crippen molar-refractivity contribution < 1.29 is 24.0 Å². The van der Waals surface area contributed by atoms with Gasteiger partial charge in [-0.15, -0.1) is 0 Å². The van der Waals surface area contributed by atoms with Crippen LogP contribution in [0.3, 0.4) is 0 Å². The summed E-state index contributed by atoms with van der Waals surface area (Å²) in [5, 5.41) is 13.5. The Labute approximate surface area is 166 Å². The Morgan fingerprint density at radius 3 is 2.55 bits per heavy atom. The van der Waals surface area contributed by atoms with E-state index in [4.69, 9.17) is 4.74 Å². The standard InChI is InChI=1S/C20H19N3O6/c1-13(19(25)21-15-8-3-5-10-17(15)23(27)28)29-20(26)14-7-2-4-9-16(14)22-12-6-11-18(22)24/h2-5,7-10,13H,6,11-12H2,1H3,(H,21,25)/t13-/m1/s1. The van der Waals surface area contributed by atoms with E-state index in [0.29, 0.717) is 25.1 Å². The fourth-order valence-corrected chi connectivity index (χ4v) is 3.03. The van der Waals surface area contributed by atoms with E-state index in [2.05, 4.69) is 5.32 Å². The Kier molecular flexibility index (Phi) is 5.87. The number of para-hydroxylation sites is 3. The molecular weight excluding hydrogens is 378 g/mol. The van der Waals surface area contributed by atoms with Crippen LogP contribution in [0, 0.1) is 10.1 Å². The van der Waals surface area contributed by atoms with Gasteiger partial charge in [0.2, 0.25) is 5.91 Å². The summed E-state index contributed by atoms with van der Waals surface area (Å²) in [5.74, 6) is -1.54. The van der Waals surface area contributed by atoms with Crippen LogP contribution in [-0.2, 0) is 14.3 Å². The van der Waals surface area contributed by atoms with Gasteiger partial charge in [-0.1, -0.05) is 24.3 Å². The molecule has 0 aromatic heterocycles. The summed E-state index contributed by atoms with van der Waals surface area (Å²) in [4.78, 5) is 49.0. The van der Waals surface area contributed by atoms with Gasteiger partial charge < -0.3 is 15.0 Å². The second-order valence-electron chi connectivity index (χ2n) is 6.48. The van der Waals surface area contributed by atoms with E-state index in [1.807, 2.05) is 0 Å². The molecule has 29 heavy (non-hydrogen) atoms. The third-order valence-corrected chi connectivity index (χ3v) is 4.50. The molecule has 1 atom stereocenters. The van der Waals surface area contributed by atoms with Crippen LogP contribution >= 0.6 is 0 Å². The third kappa shape index (κ3) is 4.40. The van der Waals surface area contributed by atoms with Crippen molar-refractivity contribution in [2.75, 3.05) is 16.8 Å². The van der Waals surface area contributed by atoms with Crippen LogP contribution in [0.2, 0.25) is 0 Å². The number of nitro benzene ring substituents is 1. The Hall–Kier alpha value is -3.75. The molecule has 0 saturated carbocycles. The van der Waals surface area contributed by atoms with E-state index in [1.54, 1.807) is 24.3 Å². The number of anilines is 2. The number of rotatable bonds is 6. The van der Waals surface area contributed by atoms with Crippen LogP contribution in [-0.4, -0.2) is 35.4 Å². The van der Waals surface area contributed by atoms with E-state index in [0.717, 1.165) is 0 Å². The highest BCUT2D eigenvalue weighted by molar-refractivity contribution is 6.04. The number of hydrogen-bond donors (Lipinski definition) is 1. The first kappa shape index (κ1) is 20.0. The van der Waals surface area contributed by atoms with Crippen molar-refractivity contribution in [2.24, 2.45) is 0 Å². The number of nitrogens with zero attached hydrogens (tertiary/aromatic N) is 2. The van der Waals surface area contributed by atoms with Crippen LogP contribution in [0.5, 0.6) is 0 Å². The minimum atomic E-state index is -1.20. The first-order valence-electron chi connectivity index (χ1n) is 9.03. The van der Waals surface area contributed by atoms with Crippen molar-refractivity contribution >= 4 is 34.8 Å². The van der Waals surface area contributed by atoms with Crippen LogP contribution in [0.15, 0.2) is 48.5 Å². The second kappa shape index (κ2) is 8.51. The molecule has 9 nitrogen and oxygen atoms in total. The molecule has 1 fully saturated rings. The van der Waals surface area contributed by atoms with Gasteiger partial charge in [0.05, 0.1) is 16.2 Å². The Balaban J connectivity index is 1.72. The second-order valence-corrected chi connectivity index (χ2v) is 6.48. The van der Waals surface area contributed by atoms with Gasteiger partial charge >= 0.3 is 5.97 Å². The van der Waals surface area contributed by atoms with E-state index >= 15 is 0 Å². The van der Waals surface area contributed by atoms with Crippen molar-refractivity contribution in [3.8, 4) is 0 Å². The average molecular weight is 397 g/mol. The Morgan fingerprint density at radius 2 is 1.86 bits per heavy atom. The molecule has 9 heteroatoms. The maximum absolute atomic E-state index is 12.6. The lowest BCUT2D eigenvalue weighted by molar-refractivity contribution is -0.383. The quantitative estimate of drug-likeness (QED) is 0.455. The first-order valence-corrected chi connectivity index (χ1v) is 9.03. The van der Waals surface area contributed by atoms with E-state index in [9.17, 15) is 24.5 Å². The zero-order chi connectivity index (χ0) is 21.0. The topological polar surface area (TPSA) is 119 Å². The number of hydrogen-bond acceptors (Lipinski definition) is 6. The molecule has 0 spiro atoms. The van der Waals surface area contributed by atoms with E-state index in [1.165, 1.54) is 36.1 Å². The normalized spacial score (nSPS) is 14.4. The molecular formula is C20H19N3O6. The van der Waals surface area contributed by atoms with Gasteiger partial charge in [-0.3, -0.25) is 19.7 Å². The molecule has 1 N–H and O–H groups in total. The van der Waals surface area contributed by atoms with Crippen molar-refractivity contribution in [2.45, 2.75) is 25.9 Å². The van der Waals surface area contributed by atoms with Gasteiger partial charge in [-0.05, 0) is 31.5 Å². The molecule has 1 aliphatic heterocycles. The fraction of sp³-hybridized carbons (Fsp3) is 0.250. The fourth-order valence-electron chi connectivity index (χ4n) is 3.03. The number of amides is 2. The minimum absolute atomic E-state index is 0.00784. The molecule has 1 aliphatic rings. The largest absolute Gasteiger partial charge is 0.449 e. The molecule has 0 aliphatic carbocycles. The molecule has 0 radical (unpaired) electrons. The van der Waals surface area contributed by atoms with Crippen molar-refractivity contribution in [3.63, 3.8) is 0 Å². The number of carbonyl (C=O) groups excluding carboxylic acids is 3. The minimum Gasteiger partial charge on any atom is -0.449 e. The van der Waals surface area contributed by atoms with E-state index in [-0.39, 0.29) is 22.8 Å². The summed E-state index contributed by atoms with van der Waals surface area (Å²) in [5.41, 5.74) is 0.352. The predicted octanol–water partition coefficient (Wildman–Crippen LogP) is 2.91. The number of ether oxygens (including phenoxy) is 1. The highest BCUT2D eigenvalue weighted by Gasteiger charge is 2.28. The molecule has 0 unspecified atom stereocenters. The summed E-state index contributed by atoms with van der Waals surface area (Å²) < 4.78 is 5.25. The highest BCUT2D eigenvalue weighted by atomic mass is 16.6. The van der Waals surface area contributed by atoms with Gasteiger partial charge in [0, 0.05) is 19.0 Å². The van der Waals surface area contributed by atoms with E-state index < -0.39 is 22.9 Å². The van der Waals surface area contributed by atoms with Gasteiger partial charge in [0.25, 0.3) is 11.6 Å². The molecule has 2 aromatic rings. The number of carbonyl (C=O) groups is 3. The van der Waals surface area contributed by atoms with Crippen molar-refractivity contribution in [1.29, 1.82) is 0 Å². The molecule has 3 rings (SSSR count). The zero-order valence-electron chi connectivity index (χ0n) is 15.7. The summed E-state index contributed by atoms with van der Waals surface area (Å²) in [7, 11) is 0. The van der Waals surface area contributed by atoms with Gasteiger partial charge in [-0.2, -0.15) is 0 Å². The lowest BCUT2D eigenvalue weighted by atomic mass is 10.1. The Bertz CT molecular complexity index is 974. The molecule has 150 valence electrons. The van der Waals surface area contributed by atoms with Crippen LogP contribution < -0.4 is 10.2 Å². The first-order chi connectivity index (χ1) is 13.9. The van der Waals surface area contributed by atoms with Crippen LogP contribution in [0.1, 0.15) is 30.1 Å². The highest BCUT2D eigenvalue weighted by Crippen LogP contribution is 2.27. The summed E-state index contributed by atoms with van der Waals surface area (Å²) >= 11 is 0. The van der Waals surface area contributed by atoms with Crippen LogP contribution in [0.4, 0.5) is 17.1 Å². The molecule has 2 amide bonds. The smallest absolute Gasteiger partial charge is 0.341 e. The molecule has 2 aromatic carbocycles. The number of benzene rings is 2. The summed E-state index contributed by atoms with van der Waals surface area (Å²) in [6.07, 6.45) is -0.0841. The maximum atomic E-state index is 12.6.